The molecule has 0 aromatic heterocycles. The van der Waals surface area contributed by atoms with Crippen LogP contribution in [0.2, 0.25) is 0 Å². The zero-order valence-corrected chi connectivity index (χ0v) is 11.4. The molecule has 0 heterocycles. The van der Waals surface area contributed by atoms with Gasteiger partial charge in [0.1, 0.15) is 0 Å². The molecule has 2 N–H and O–H groups in total. The molecule has 2 nitrogen and oxygen atoms in total. The molecule has 2 heteroatoms. The quantitative estimate of drug-likeness (QED) is 0.772. The molecule has 100 valence electrons. The molecule has 0 aliphatic heterocycles. The van der Waals surface area contributed by atoms with Crippen molar-refractivity contribution in [1.29, 1.82) is 0 Å². The largest absolute Gasteiger partial charge is 0.396 e. The molecular weight excluding hydrogens is 210 g/mol. The van der Waals surface area contributed by atoms with Crippen LogP contribution in [0.25, 0.3) is 0 Å². The molecule has 0 saturated heterocycles. The second-order valence-electron chi connectivity index (χ2n) is 6.39. The van der Waals surface area contributed by atoms with Crippen molar-refractivity contribution < 1.29 is 5.11 Å². The highest BCUT2D eigenvalue weighted by molar-refractivity contribution is 4.99. The third-order valence-corrected chi connectivity index (χ3v) is 5.27. The second-order valence-corrected chi connectivity index (χ2v) is 6.39. The summed E-state index contributed by atoms with van der Waals surface area (Å²) in [5, 5.41) is 13.0. The first kappa shape index (κ1) is 13.4. The minimum absolute atomic E-state index is 0.262. The number of aliphatic hydroxyl groups excluding tert-OH is 1. The zero-order chi connectivity index (χ0) is 12.2. The van der Waals surface area contributed by atoms with Gasteiger partial charge in [-0.1, -0.05) is 19.8 Å². The molecule has 0 aromatic carbocycles. The van der Waals surface area contributed by atoms with E-state index in [1.807, 2.05) is 0 Å². The maximum Gasteiger partial charge on any atom is 0.0448 e. The lowest BCUT2D eigenvalue weighted by Gasteiger charge is -2.46. The lowest BCUT2D eigenvalue weighted by atomic mass is 9.65. The van der Waals surface area contributed by atoms with Crippen LogP contribution >= 0.6 is 0 Å². The lowest BCUT2D eigenvalue weighted by Crippen LogP contribution is -2.50. The Labute approximate surface area is 106 Å². The third kappa shape index (κ3) is 3.03. The predicted octanol–water partition coefficient (Wildman–Crippen LogP) is 3.24. The van der Waals surface area contributed by atoms with E-state index in [0.29, 0.717) is 12.0 Å². The summed E-state index contributed by atoms with van der Waals surface area (Å²) in [6.45, 7) is 3.66. The molecular formula is C15H29NO. The van der Waals surface area contributed by atoms with Gasteiger partial charge in [-0.2, -0.15) is 0 Å². The van der Waals surface area contributed by atoms with Crippen molar-refractivity contribution in [2.45, 2.75) is 76.7 Å². The van der Waals surface area contributed by atoms with Gasteiger partial charge < -0.3 is 10.4 Å². The van der Waals surface area contributed by atoms with Crippen LogP contribution in [0.1, 0.15) is 71.1 Å². The number of rotatable bonds is 5. The molecule has 2 rings (SSSR count). The predicted molar refractivity (Wildman–Crippen MR) is 72.1 cm³/mol. The Bertz CT molecular complexity index is 223. The fraction of sp³-hybridized carbons (Fsp3) is 1.00. The van der Waals surface area contributed by atoms with Crippen LogP contribution in [0.3, 0.4) is 0 Å². The molecule has 0 bridgehead atoms. The first-order chi connectivity index (χ1) is 8.24. The van der Waals surface area contributed by atoms with Crippen molar-refractivity contribution in [2.24, 2.45) is 5.41 Å². The summed E-state index contributed by atoms with van der Waals surface area (Å²) in [6.07, 6.45) is 13.3. The van der Waals surface area contributed by atoms with Gasteiger partial charge in [-0.05, 0) is 63.3 Å². The Balaban J connectivity index is 1.92. The standard InChI is InChI=1S/C15H29NO/c1-2-12-16-15(11-13-17)9-7-14(8-10-15)5-3-4-6-14/h16-17H,2-13H2,1H3. The highest BCUT2D eigenvalue weighted by Gasteiger charge is 2.43. The summed E-state index contributed by atoms with van der Waals surface area (Å²) >= 11 is 0. The first-order valence-electron chi connectivity index (χ1n) is 7.60. The molecule has 0 radical (unpaired) electrons. The van der Waals surface area contributed by atoms with Crippen LogP contribution in [0.4, 0.5) is 0 Å². The van der Waals surface area contributed by atoms with E-state index < -0.39 is 0 Å². The highest BCUT2D eigenvalue weighted by Crippen LogP contribution is 2.51. The van der Waals surface area contributed by atoms with E-state index in [1.54, 1.807) is 0 Å². The van der Waals surface area contributed by atoms with Gasteiger partial charge in [-0.3, -0.25) is 0 Å². The smallest absolute Gasteiger partial charge is 0.0448 e. The second kappa shape index (κ2) is 5.71. The maximum absolute atomic E-state index is 9.30. The fourth-order valence-corrected chi connectivity index (χ4v) is 4.00. The maximum atomic E-state index is 9.30. The van der Waals surface area contributed by atoms with Crippen molar-refractivity contribution in [3.63, 3.8) is 0 Å². The summed E-state index contributed by atoms with van der Waals surface area (Å²) in [6, 6.07) is 0. The normalized spacial score (nSPS) is 26.5. The van der Waals surface area contributed by atoms with Crippen molar-refractivity contribution in [2.75, 3.05) is 13.2 Å². The van der Waals surface area contributed by atoms with Crippen molar-refractivity contribution >= 4 is 0 Å². The van der Waals surface area contributed by atoms with Crippen LogP contribution in [0.15, 0.2) is 0 Å². The summed E-state index contributed by atoms with van der Waals surface area (Å²) in [4.78, 5) is 0. The number of nitrogens with one attached hydrogen (secondary N) is 1. The molecule has 0 atom stereocenters. The molecule has 2 aliphatic carbocycles. The Kier molecular flexibility index (Phi) is 4.48. The topological polar surface area (TPSA) is 32.3 Å². The van der Waals surface area contributed by atoms with Crippen molar-refractivity contribution in [3.05, 3.63) is 0 Å². The average Bonchev–Trinajstić information content (AvgIpc) is 2.80. The van der Waals surface area contributed by atoms with Gasteiger partial charge in [0.25, 0.3) is 0 Å². The summed E-state index contributed by atoms with van der Waals surface area (Å²) in [5.41, 5.74) is 0.964. The molecule has 0 amide bonds. The molecule has 0 unspecified atom stereocenters. The van der Waals surface area contributed by atoms with Gasteiger partial charge in [0, 0.05) is 12.1 Å². The minimum Gasteiger partial charge on any atom is -0.396 e. The summed E-state index contributed by atoms with van der Waals surface area (Å²) < 4.78 is 0. The van der Waals surface area contributed by atoms with Crippen molar-refractivity contribution in [1.82, 2.24) is 5.32 Å². The van der Waals surface area contributed by atoms with Gasteiger partial charge in [0.2, 0.25) is 0 Å². The highest BCUT2D eigenvalue weighted by atomic mass is 16.3. The monoisotopic (exact) mass is 239 g/mol. The molecule has 0 aromatic rings. The zero-order valence-electron chi connectivity index (χ0n) is 11.4. The Morgan fingerprint density at radius 2 is 1.65 bits per heavy atom. The Morgan fingerprint density at radius 3 is 2.18 bits per heavy atom. The van der Waals surface area contributed by atoms with E-state index in [1.165, 1.54) is 57.8 Å². The first-order valence-corrected chi connectivity index (χ1v) is 7.60. The van der Waals surface area contributed by atoms with Gasteiger partial charge >= 0.3 is 0 Å². The molecule has 2 saturated carbocycles. The van der Waals surface area contributed by atoms with E-state index in [4.69, 9.17) is 0 Å². The molecule has 2 fully saturated rings. The van der Waals surface area contributed by atoms with E-state index in [9.17, 15) is 5.11 Å². The van der Waals surface area contributed by atoms with Gasteiger partial charge in [-0.25, -0.2) is 0 Å². The van der Waals surface area contributed by atoms with E-state index in [2.05, 4.69) is 12.2 Å². The Morgan fingerprint density at radius 1 is 1.00 bits per heavy atom. The van der Waals surface area contributed by atoms with Crippen LogP contribution < -0.4 is 5.32 Å². The van der Waals surface area contributed by atoms with Gasteiger partial charge in [-0.15, -0.1) is 0 Å². The number of aliphatic hydroxyl groups is 1. The van der Waals surface area contributed by atoms with Crippen LogP contribution in [0, 0.1) is 5.41 Å². The minimum atomic E-state index is 0.262. The third-order valence-electron chi connectivity index (χ3n) is 5.27. The molecule has 17 heavy (non-hydrogen) atoms. The van der Waals surface area contributed by atoms with Gasteiger partial charge in [0.05, 0.1) is 0 Å². The molecule has 2 aliphatic rings. The summed E-state index contributed by atoms with van der Waals surface area (Å²) in [5.74, 6) is 0. The van der Waals surface area contributed by atoms with Gasteiger partial charge in [0.15, 0.2) is 0 Å². The summed E-state index contributed by atoms with van der Waals surface area (Å²) in [7, 11) is 0. The van der Waals surface area contributed by atoms with Crippen LogP contribution in [0.5, 0.6) is 0 Å². The van der Waals surface area contributed by atoms with Crippen LogP contribution in [-0.2, 0) is 0 Å². The van der Waals surface area contributed by atoms with Crippen LogP contribution in [-0.4, -0.2) is 23.8 Å². The number of hydrogen-bond acceptors (Lipinski definition) is 2. The fourth-order valence-electron chi connectivity index (χ4n) is 4.00. The van der Waals surface area contributed by atoms with E-state index in [0.717, 1.165) is 13.0 Å². The SMILES string of the molecule is CCCNC1(CCO)CCC2(CCCC2)CC1. The van der Waals surface area contributed by atoms with E-state index in [-0.39, 0.29) is 5.54 Å². The average molecular weight is 239 g/mol. The Hall–Kier alpha value is -0.0800. The molecule has 1 spiro atoms. The van der Waals surface area contributed by atoms with E-state index >= 15 is 0 Å². The van der Waals surface area contributed by atoms with Crippen molar-refractivity contribution in [3.8, 4) is 0 Å². The number of hydrogen-bond donors (Lipinski definition) is 2. The lowest BCUT2D eigenvalue weighted by molar-refractivity contribution is 0.0887.